The molecule has 0 amide bonds. The van der Waals surface area contributed by atoms with Crippen molar-refractivity contribution in [2.75, 3.05) is 47.6 Å². The van der Waals surface area contributed by atoms with Crippen molar-refractivity contribution in [1.82, 2.24) is 10.6 Å². The fourth-order valence-electron chi connectivity index (χ4n) is 2.24. The van der Waals surface area contributed by atoms with Gasteiger partial charge in [-0.3, -0.25) is 4.99 Å². The summed E-state index contributed by atoms with van der Waals surface area (Å²) in [5.74, 6) is 2.26. The van der Waals surface area contributed by atoms with Gasteiger partial charge >= 0.3 is 0 Å². The van der Waals surface area contributed by atoms with Crippen molar-refractivity contribution in [2.24, 2.45) is 4.99 Å². The zero-order valence-electron chi connectivity index (χ0n) is 15.7. The summed E-state index contributed by atoms with van der Waals surface area (Å²) in [6.45, 7) is 9.20. The Balaban J connectivity index is 2.87. The first kappa shape index (κ1) is 20.1. The lowest BCUT2D eigenvalue weighted by Crippen LogP contribution is -2.40. The van der Waals surface area contributed by atoms with Crippen LogP contribution in [0, 0.1) is 0 Å². The third kappa shape index (κ3) is 5.92. The van der Waals surface area contributed by atoms with Crippen LogP contribution in [-0.4, -0.2) is 53.5 Å². The fraction of sp³-hybridized carbons (Fsp3) is 0.611. The molecule has 0 aliphatic rings. The number of aliphatic imine (C=N–C) groups is 1. The highest BCUT2D eigenvalue weighted by Crippen LogP contribution is 2.33. The summed E-state index contributed by atoms with van der Waals surface area (Å²) in [4.78, 5) is 4.70. The van der Waals surface area contributed by atoms with Gasteiger partial charge in [-0.2, -0.15) is 0 Å². The molecule has 0 spiro atoms. The summed E-state index contributed by atoms with van der Waals surface area (Å²) in [5, 5.41) is 6.50. The van der Waals surface area contributed by atoms with Gasteiger partial charge in [0.15, 0.2) is 17.5 Å². The number of benzene rings is 1. The van der Waals surface area contributed by atoms with Gasteiger partial charge in [0.25, 0.3) is 0 Å². The van der Waals surface area contributed by atoms with Crippen LogP contribution < -0.4 is 20.1 Å². The molecule has 0 aliphatic carbocycles. The van der Waals surface area contributed by atoms with Crippen LogP contribution in [0.3, 0.4) is 0 Å². The van der Waals surface area contributed by atoms with E-state index in [1.807, 2.05) is 19.1 Å². The average Bonchev–Trinajstić information content (AvgIpc) is 2.59. The summed E-state index contributed by atoms with van der Waals surface area (Å²) in [6.07, 6.45) is 0. The van der Waals surface area contributed by atoms with E-state index in [1.165, 1.54) is 0 Å². The van der Waals surface area contributed by atoms with Crippen LogP contribution >= 0.6 is 0 Å². The Morgan fingerprint density at radius 1 is 1.08 bits per heavy atom. The number of methoxy groups -OCH3 is 3. The molecule has 0 saturated carbocycles. The van der Waals surface area contributed by atoms with E-state index in [2.05, 4.69) is 30.5 Å². The van der Waals surface area contributed by atoms with Gasteiger partial charge in [0.1, 0.15) is 0 Å². The highest BCUT2D eigenvalue weighted by atomic mass is 16.5. The first-order valence-electron chi connectivity index (χ1n) is 8.22. The molecule has 0 bridgehead atoms. The van der Waals surface area contributed by atoms with E-state index in [9.17, 15) is 0 Å². The van der Waals surface area contributed by atoms with Crippen molar-refractivity contribution in [1.29, 1.82) is 0 Å². The lowest BCUT2D eigenvalue weighted by atomic mass is 9.84. The van der Waals surface area contributed by atoms with Crippen LogP contribution in [0.2, 0.25) is 0 Å². The molecule has 0 atom stereocenters. The molecule has 0 unspecified atom stereocenters. The quantitative estimate of drug-likeness (QED) is 0.411. The van der Waals surface area contributed by atoms with Gasteiger partial charge in [0.2, 0.25) is 0 Å². The number of ether oxygens (including phenoxy) is 3. The van der Waals surface area contributed by atoms with Gasteiger partial charge in [0, 0.05) is 25.6 Å². The number of hydrogen-bond acceptors (Lipinski definition) is 4. The van der Waals surface area contributed by atoms with Crippen LogP contribution in [0.5, 0.6) is 11.5 Å². The van der Waals surface area contributed by atoms with Gasteiger partial charge in [-0.25, -0.2) is 0 Å². The summed E-state index contributed by atoms with van der Waals surface area (Å²) in [5.41, 5.74) is 1.01. The third-order valence-electron chi connectivity index (χ3n) is 3.74. The summed E-state index contributed by atoms with van der Waals surface area (Å²) >= 11 is 0. The molecule has 24 heavy (non-hydrogen) atoms. The minimum absolute atomic E-state index is 0.136. The largest absolute Gasteiger partial charge is 0.493 e. The third-order valence-corrected chi connectivity index (χ3v) is 3.74. The lowest BCUT2D eigenvalue weighted by Gasteiger charge is -2.25. The van der Waals surface area contributed by atoms with Gasteiger partial charge in [-0.1, -0.05) is 19.9 Å². The van der Waals surface area contributed by atoms with Crippen LogP contribution in [0.25, 0.3) is 0 Å². The molecule has 0 saturated heterocycles. The Kier molecular flexibility index (Phi) is 8.40. The highest BCUT2D eigenvalue weighted by molar-refractivity contribution is 5.79. The van der Waals surface area contributed by atoms with E-state index in [1.54, 1.807) is 21.3 Å². The molecule has 6 heteroatoms. The molecule has 6 nitrogen and oxygen atoms in total. The molecule has 0 aromatic heterocycles. The number of nitrogens with zero attached hydrogens (tertiary/aromatic N) is 1. The van der Waals surface area contributed by atoms with E-state index in [4.69, 9.17) is 19.2 Å². The zero-order chi connectivity index (χ0) is 18.0. The van der Waals surface area contributed by atoms with Gasteiger partial charge < -0.3 is 24.8 Å². The van der Waals surface area contributed by atoms with Crippen molar-refractivity contribution in [2.45, 2.75) is 26.2 Å². The second kappa shape index (κ2) is 10.0. The number of guanidine groups is 1. The predicted octanol–water partition coefficient (Wildman–Crippen LogP) is 2.18. The molecule has 0 fully saturated rings. The molecular weight excluding hydrogens is 306 g/mol. The van der Waals surface area contributed by atoms with E-state index < -0.39 is 0 Å². The maximum Gasteiger partial charge on any atom is 0.191 e. The van der Waals surface area contributed by atoms with Crippen LogP contribution in [0.4, 0.5) is 0 Å². The molecule has 2 N–H and O–H groups in total. The minimum Gasteiger partial charge on any atom is -0.493 e. The van der Waals surface area contributed by atoms with E-state index >= 15 is 0 Å². The van der Waals surface area contributed by atoms with Crippen LogP contribution in [0.1, 0.15) is 26.3 Å². The molecule has 1 rings (SSSR count). The first-order chi connectivity index (χ1) is 11.5. The SMILES string of the molecule is CCNC(=NCC(C)(C)c1ccc(OC)c(OC)c1)NCCOC. The van der Waals surface area contributed by atoms with Gasteiger partial charge in [-0.15, -0.1) is 0 Å². The molecule has 136 valence electrons. The normalized spacial score (nSPS) is 12.0. The fourth-order valence-corrected chi connectivity index (χ4v) is 2.24. The van der Waals surface area contributed by atoms with E-state index in [0.717, 1.165) is 36.1 Å². The molecular formula is C18H31N3O3. The highest BCUT2D eigenvalue weighted by Gasteiger charge is 2.22. The zero-order valence-corrected chi connectivity index (χ0v) is 15.7. The lowest BCUT2D eigenvalue weighted by molar-refractivity contribution is 0.203. The van der Waals surface area contributed by atoms with Crippen molar-refractivity contribution in [3.63, 3.8) is 0 Å². The first-order valence-corrected chi connectivity index (χ1v) is 8.22. The average molecular weight is 337 g/mol. The molecule has 0 heterocycles. The van der Waals surface area contributed by atoms with Gasteiger partial charge in [-0.05, 0) is 24.6 Å². The minimum atomic E-state index is -0.136. The Morgan fingerprint density at radius 3 is 2.38 bits per heavy atom. The maximum atomic E-state index is 5.40. The summed E-state index contributed by atoms with van der Waals surface area (Å²) in [6, 6.07) is 6.00. The molecule has 1 aromatic carbocycles. The topological polar surface area (TPSA) is 64.1 Å². The number of hydrogen-bond donors (Lipinski definition) is 2. The standard InChI is InChI=1S/C18H31N3O3/c1-7-19-17(20-10-11-22-4)21-13-18(2,3)14-8-9-15(23-5)16(12-14)24-6/h8-9,12H,7,10-11,13H2,1-6H3,(H2,19,20,21). The number of rotatable bonds is 9. The Morgan fingerprint density at radius 2 is 1.79 bits per heavy atom. The van der Waals surface area contributed by atoms with Crippen molar-refractivity contribution in [3.8, 4) is 11.5 Å². The Hall–Kier alpha value is -1.95. The predicted molar refractivity (Wildman–Crippen MR) is 98.4 cm³/mol. The van der Waals surface area contributed by atoms with Crippen molar-refractivity contribution < 1.29 is 14.2 Å². The maximum absolute atomic E-state index is 5.40. The molecule has 0 radical (unpaired) electrons. The van der Waals surface area contributed by atoms with E-state index in [-0.39, 0.29) is 5.41 Å². The molecule has 1 aromatic rings. The van der Waals surface area contributed by atoms with Crippen LogP contribution in [0.15, 0.2) is 23.2 Å². The molecule has 0 aliphatic heterocycles. The second-order valence-corrected chi connectivity index (χ2v) is 6.07. The number of nitrogens with one attached hydrogen (secondary N) is 2. The monoisotopic (exact) mass is 337 g/mol. The smallest absolute Gasteiger partial charge is 0.191 e. The van der Waals surface area contributed by atoms with Crippen molar-refractivity contribution >= 4 is 5.96 Å². The van der Waals surface area contributed by atoms with Gasteiger partial charge in [0.05, 0.1) is 27.4 Å². The second-order valence-electron chi connectivity index (χ2n) is 6.07. The van der Waals surface area contributed by atoms with Crippen molar-refractivity contribution in [3.05, 3.63) is 23.8 Å². The summed E-state index contributed by atoms with van der Waals surface area (Å²) in [7, 11) is 4.98. The Bertz CT molecular complexity index is 530. The summed E-state index contributed by atoms with van der Waals surface area (Å²) < 4.78 is 15.8. The van der Waals surface area contributed by atoms with Crippen LogP contribution in [-0.2, 0) is 10.2 Å². The van der Waals surface area contributed by atoms with E-state index in [0.29, 0.717) is 13.2 Å². The Labute approximate surface area is 145 Å².